The summed E-state index contributed by atoms with van der Waals surface area (Å²) in [5.41, 5.74) is 0.720. The predicted molar refractivity (Wildman–Crippen MR) is 61.2 cm³/mol. The average molecular weight is 279 g/mol. The second kappa shape index (κ2) is 7.13. The molecule has 1 heterocycles. The molecule has 108 valence electrons. The van der Waals surface area contributed by atoms with Crippen LogP contribution in [0.5, 0.6) is 0 Å². The van der Waals surface area contributed by atoms with E-state index in [2.05, 4.69) is 10.3 Å². The van der Waals surface area contributed by atoms with Gasteiger partial charge in [0.05, 0.1) is 31.6 Å². The summed E-state index contributed by atoms with van der Waals surface area (Å²) < 4.78 is 42.5. The molecule has 5 nitrogen and oxygen atoms in total. The molecule has 0 saturated carbocycles. The van der Waals surface area contributed by atoms with Gasteiger partial charge in [0.1, 0.15) is 0 Å². The van der Waals surface area contributed by atoms with E-state index in [1.54, 1.807) is 24.2 Å². The molecule has 0 radical (unpaired) electrons. The minimum absolute atomic E-state index is 0.153. The van der Waals surface area contributed by atoms with Crippen LogP contribution in [0.2, 0.25) is 0 Å². The standard InChI is InChI=1S/C11H16F3N3O2/c1-19-5-4-17-8-15-6-9(17)7-16-10(18)2-3-11(12,13)14/h6,8H,2-5,7H2,1H3,(H,16,18). The summed E-state index contributed by atoms with van der Waals surface area (Å²) in [7, 11) is 1.56. The number of nitrogens with one attached hydrogen (secondary N) is 1. The van der Waals surface area contributed by atoms with Crippen molar-refractivity contribution in [3.05, 3.63) is 18.2 Å². The van der Waals surface area contributed by atoms with E-state index in [1.165, 1.54) is 0 Å². The maximum Gasteiger partial charge on any atom is 0.389 e. The monoisotopic (exact) mass is 279 g/mol. The zero-order valence-corrected chi connectivity index (χ0v) is 10.5. The Morgan fingerprint density at radius 3 is 2.89 bits per heavy atom. The average Bonchev–Trinajstić information content (AvgIpc) is 2.77. The molecule has 0 aliphatic heterocycles. The first kappa shape index (κ1) is 15.5. The first-order valence-electron chi connectivity index (χ1n) is 5.74. The molecule has 0 aliphatic rings. The minimum atomic E-state index is -4.31. The van der Waals surface area contributed by atoms with Crippen LogP contribution < -0.4 is 5.32 Å². The molecule has 1 N–H and O–H groups in total. The number of nitrogens with zero attached hydrogens (tertiary/aromatic N) is 2. The van der Waals surface area contributed by atoms with Gasteiger partial charge in [-0.25, -0.2) is 4.98 Å². The number of carbonyl (C=O) groups excluding carboxylic acids is 1. The number of carbonyl (C=O) groups is 1. The normalized spacial score (nSPS) is 11.6. The summed E-state index contributed by atoms with van der Waals surface area (Å²) in [6.07, 6.45) is -2.84. The van der Waals surface area contributed by atoms with Gasteiger partial charge in [-0.15, -0.1) is 0 Å². The SMILES string of the molecule is COCCn1cncc1CNC(=O)CCC(F)(F)F. The molecule has 0 aromatic carbocycles. The molecule has 1 aromatic rings. The van der Waals surface area contributed by atoms with E-state index in [0.717, 1.165) is 5.69 Å². The van der Waals surface area contributed by atoms with Gasteiger partial charge in [0.15, 0.2) is 0 Å². The van der Waals surface area contributed by atoms with Crippen molar-refractivity contribution < 1.29 is 22.7 Å². The fraction of sp³-hybridized carbons (Fsp3) is 0.636. The summed E-state index contributed by atoms with van der Waals surface area (Å²) in [5, 5.41) is 2.43. The molecule has 0 atom stereocenters. The maximum atomic E-state index is 11.9. The first-order valence-corrected chi connectivity index (χ1v) is 5.74. The largest absolute Gasteiger partial charge is 0.389 e. The third-order valence-electron chi connectivity index (χ3n) is 2.44. The molecule has 1 aromatic heterocycles. The van der Waals surface area contributed by atoms with Crippen LogP contribution in [0.4, 0.5) is 13.2 Å². The first-order chi connectivity index (χ1) is 8.92. The molecule has 0 saturated heterocycles. The highest BCUT2D eigenvalue weighted by Gasteiger charge is 2.27. The van der Waals surface area contributed by atoms with Crippen molar-refractivity contribution in [1.29, 1.82) is 0 Å². The highest BCUT2D eigenvalue weighted by Crippen LogP contribution is 2.20. The molecule has 8 heteroatoms. The third kappa shape index (κ3) is 6.23. The van der Waals surface area contributed by atoms with Crippen molar-refractivity contribution >= 4 is 5.91 Å². The Bertz CT molecular complexity index is 404. The smallest absolute Gasteiger partial charge is 0.383 e. The van der Waals surface area contributed by atoms with Crippen molar-refractivity contribution in [3.63, 3.8) is 0 Å². The van der Waals surface area contributed by atoms with Crippen LogP contribution in [-0.4, -0.2) is 35.4 Å². The fourth-order valence-corrected chi connectivity index (χ4v) is 1.42. The minimum Gasteiger partial charge on any atom is -0.383 e. The summed E-state index contributed by atoms with van der Waals surface area (Å²) in [4.78, 5) is 15.2. The quantitative estimate of drug-likeness (QED) is 0.822. The van der Waals surface area contributed by atoms with Crippen LogP contribution in [0.3, 0.4) is 0 Å². The van der Waals surface area contributed by atoms with Gasteiger partial charge in [-0.1, -0.05) is 0 Å². The van der Waals surface area contributed by atoms with Gasteiger partial charge in [0.2, 0.25) is 5.91 Å². The van der Waals surface area contributed by atoms with E-state index < -0.39 is 24.9 Å². The van der Waals surface area contributed by atoms with Crippen molar-refractivity contribution in [3.8, 4) is 0 Å². The van der Waals surface area contributed by atoms with E-state index in [-0.39, 0.29) is 6.54 Å². The van der Waals surface area contributed by atoms with Gasteiger partial charge >= 0.3 is 6.18 Å². The van der Waals surface area contributed by atoms with Crippen LogP contribution in [0.25, 0.3) is 0 Å². The van der Waals surface area contributed by atoms with Gasteiger partial charge < -0.3 is 14.6 Å². The molecule has 1 rings (SSSR count). The van der Waals surface area contributed by atoms with Crippen molar-refractivity contribution in [2.45, 2.75) is 32.1 Å². The lowest BCUT2D eigenvalue weighted by Crippen LogP contribution is -2.25. The Kier molecular flexibility index (Phi) is 5.81. The van der Waals surface area contributed by atoms with Gasteiger partial charge in [-0.05, 0) is 0 Å². The third-order valence-corrected chi connectivity index (χ3v) is 2.44. The maximum absolute atomic E-state index is 11.9. The number of amides is 1. The number of imidazole rings is 1. The van der Waals surface area contributed by atoms with Crippen LogP contribution in [0.15, 0.2) is 12.5 Å². The van der Waals surface area contributed by atoms with E-state index in [9.17, 15) is 18.0 Å². The Labute approximate surface area is 108 Å². The number of hydrogen-bond donors (Lipinski definition) is 1. The molecular formula is C11H16F3N3O2. The van der Waals surface area contributed by atoms with Crippen molar-refractivity contribution in [2.24, 2.45) is 0 Å². The van der Waals surface area contributed by atoms with E-state index in [4.69, 9.17) is 4.74 Å². The lowest BCUT2D eigenvalue weighted by atomic mass is 10.3. The highest BCUT2D eigenvalue weighted by atomic mass is 19.4. The van der Waals surface area contributed by atoms with Gasteiger partial charge in [-0.3, -0.25) is 4.79 Å². The number of methoxy groups -OCH3 is 1. The molecule has 0 unspecified atom stereocenters. The molecule has 19 heavy (non-hydrogen) atoms. The summed E-state index contributed by atoms with van der Waals surface area (Å²) in [5.74, 6) is -0.628. The highest BCUT2D eigenvalue weighted by molar-refractivity contribution is 5.75. The molecule has 0 aliphatic carbocycles. The number of halogens is 3. The Morgan fingerprint density at radius 1 is 1.53 bits per heavy atom. The molecule has 1 amide bonds. The van der Waals surface area contributed by atoms with Crippen LogP contribution >= 0.6 is 0 Å². The summed E-state index contributed by atoms with van der Waals surface area (Å²) in [6, 6.07) is 0. The van der Waals surface area contributed by atoms with Crippen molar-refractivity contribution in [1.82, 2.24) is 14.9 Å². The van der Waals surface area contributed by atoms with Crippen LogP contribution in [0.1, 0.15) is 18.5 Å². The number of aromatic nitrogens is 2. The molecular weight excluding hydrogens is 263 g/mol. The Morgan fingerprint density at radius 2 is 2.26 bits per heavy atom. The van der Waals surface area contributed by atoms with Crippen molar-refractivity contribution in [2.75, 3.05) is 13.7 Å². The van der Waals surface area contributed by atoms with E-state index in [1.807, 2.05) is 0 Å². The topological polar surface area (TPSA) is 56.1 Å². The van der Waals surface area contributed by atoms with Gasteiger partial charge in [-0.2, -0.15) is 13.2 Å². The second-order valence-electron chi connectivity index (χ2n) is 3.96. The molecule has 0 fully saturated rings. The number of alkyl halides is 3. The zero-order chi connectivity index (χ0) is 14.3. The zero-order valence-electron chi connectivity index (χ0n) is 10.5. The summed E-state index contributed by atoms with van der Waals surface area (Å²) >= 11 is 0. The predicted octanol–water partition coefficient (Wildman–Crippen LogP) is 1.49. The number of rotatable bonds is 7. The lowest BCUT2D eigenvalue weighted by molar-refractivity contribution is -0.144. The van der Waals surface area contributed by atoms with E-state index >= 15 is 0 Å². The molecule has 0 spiro atoms. The van der Waals surface area contributed by atoms with Crippen LogP contribution in [0, 0.1) is 0 Å². The Hall–Kier alpha value is -1.57. The Balaban J connectivity index is 2.36. The van der Waals surface area contributed by atoms with E-state index in [0.29, 0.717) is 13.2 Å². The number of hydrogen-bond acceptors (Lipinski definition) is 3. The van der Waals surface area contributed by atoms with Gasteiger partial charge in [0.25, 0.3) is 0 Å². The lowest BCUT2D eigenvalue weighted by Gasteiger charge is -2.09. The second-order valence-corrected chi connectivity index (χ2v) is 3.96. The number of ether oxygens (including phenoxy) is 1. The van der Waals surface area contributed by atoms with Crippen LogP contribution in [-0.2, 0) is 22.6 Å². The summed E-state index contributed by atoms with van der Waals surface area (Å²) in [6.45, 7) is 1.22. The fourth-order valence-electron chi connectivity index (χ4n) is 1.42. The van der Waals surface area contributed by atoms with Gasteiger partial charge in [0, 0.05) is 26.3 Å². The molecule has 0 bridgehead atoms.